The molecule has 0 radical (unpaired) electrons. The van der Waals surface area contributed by atoms with Gasteiger partial charge in [0.25, 0.3) is 11.2 Å². The first-order valence-corrected chi connectivity index (χ1v) is 6.53. The Morgan fingerprint density at radius 3 is 2.41 bits per heavy atom. The highest BCUT2D eigenvalue weighted by molar-refractivity contribution is 6.38. The van der Waals surface area contributed by atoms with Gasteiger partial charge in [0.2, 0.25) is 5.71 Å². The predicted molar refractivity (Wildman–Crippen MR) is 79.1 cm³/mol. The monoisotopic (exact) mass is 341 g/mol. The van der Waals surface area contributed by atoms with E-state index >= 15 is 0 Å². The molecule has 3 rings (SSSR count). The molecule has 2 aromatic heterocycles. The van der Waals surface area contributed by atoms with Crippen LogP contribution in [-0.4, -0.2) is 14.5 Å². The number of hydrogen-bond donors (Lipinski definition) is 1. The number of nitro groups is 1. The molecule has 8 nitrogen and oxygen atoms in total. The van der Waals surface area contributed by atoms with Crippen LogP contribution in [0.15, 0.2) is 38.3 Å². The summed E-state index contributed by atoms with van der Waals surface area (Å²) in [4.78, 5) is 35.7. The van der Waals surface area contributed by atoms with Crippen LogP contribution in [0.5, 0.6) is 0 Å². The highest BCUT2D eigenvalue weighted by Gasteiger charge is 2.20. The van der Waals surface area contributed by atoms with Gasteiger partial charge in [-0.15, -0.1) is 0 Å². The fourth-order valence-corrected chi connectivity index (χ4v) is 2.66. The third-order valence-corrected chi connectivity index (χ3v) is 3.49. The van der Waals surface area contributed by atoms with E-state index in [2.05, 4.69) is 4.98 Å². The summed E-state index contributed by atoms with van der Waals surface area (Å²) in [5, 5.41) is 10.6. The first-order chi connectivity index (χ1) is 10.4. The molecule has 112 valence electrons. The average molecular weight is 342 g/mol. The molecule has 0 fully saturated rings. The van der Waals surface area contributed by atoms with Gasteiger partial charge in [-0.1, -0.05) is 23.2 Å². The first-order valence-electron chi connectivity index (χ1n) is 5.77. The summed E-state index contributed by atoms with van der Waals surface area (Å²) < 4.78 is 5.95. The largest absolute Gasteiger partial charge is 0.426 e. The van der Waals surface area contributed by atoms with Crippen LogP contribution in [0.25, 0.3) is 16.9 Å². The Morgan fingerprint density at radius 2 is 1.82 bits per heavy atom. The molecule has 2 heterocycles. The summed E-state index contributed by atoms with van der Waals surface area (Å²) in [6.07, 6.45) is 0. The van der Waals surface area contributed by atoms with E-state index in [-0.39, 0.29) is 32.7 Å². The van der Waals surface area contributed by atoms with E-state index in [4.69, 9.17) is 27.6 Å². The number of aromatic amines is 1. The molecular weight excluding hydrogens is 337 g/mol. The maximum Gasteiger partial charge on any atom is 0.426 e. The number of non-ortho nitro benzene ring substituents is 1. The fourth-order valence-electron chi connectivity index (χ4n) is 2.02. The minimum absolute atomic E-state index is 0.0322. The van der Waals surface area contributed by atoms with Crippen LogP contribution in [-0.2, 0) is 0 Å². The highest BCUT2D eigenvalue weighted by atomic mass is 35.5. The number of nitro benzene ring substituents is 1. The number of halogens is 2. The topological polar surface area (TPSA) is 111 Å². The zero-order valence-electron chi connectivity index (χ0n) is 10.5. The van der Waals surface area contributed by atoms with Crippen molar-refractivity contribution >= 4 is 40.1 Å². The van der Waals surface area contributed by atoms with Crippen molar-refractivity contribution in [3.05, 3.63) is 65.3 Å². The molecule has 0 saturated carbocycles. The lowest BCUT2D eigenvalue weighted by Crippen LogP contribution is -2.13. The number of hydrogen-bond acceptors (Lipinski definition) is 5. The molecule has 0 atom stereocenters. The van der Waals surface area contributed by atoms with Gasteiger partial charge in [-0.3, -0.25) is 19.9 Å². The van der Waals surface area contributed by atoms with Gasteiger partial charge >= 0.3 is 5.76 Å². The van der Waals surface area contributed by atoms with Gasteiger partial charge in [0.1, 0.15) is 5.52 Å². The number of H-pyrrole nitrogens is 1. The Bertz CT molecular complexity index is 1010. The Morgan fingerprint density at radius 1 is 1.18 bits per heavy atom. The summed E-state index contributed by atoms with van der Waals surface area (Å²) >= 11 is 12.0. The zero-order valence-corrected chi connectivity index (χ0v) is 12.0. The second-order valence-corrected chi connectivity index (χ2v) is 5.07. The van der Waals surface area contributed by atoms with Gasteiger partial charge in [-0.05, 0) is 6.07 Å². The van der Waals surface area contributed by atoms with Gasteiger partial charge in [-0.25, -0.2) is 9.36 Å². The van der Waals surface area contributed by atoms with Crippen LogP contribution in [0.2, 0.25) is 10.0 Å². The minimum atomic E-state index is -0.838. The molecule has 1 N–H and O–H groups in total. The third kappa shape index (κ3) is 2.18. The second kappa shape index (κ2) is 5.00. The third-order valence-electron chi connectivity index (χ3n) is 2.91. The van der Waals surface area contributed by atoms with Gasteiger partial charge < -0.3 is 4.42 Å². The zero-order chi connectivity index (χ0) is 16.0. The molecule has 10 heteroatoms. The Hall–Kier alpha value is -2.58. The van der Waals surface area contributed by atoms with Crippen LogP contribution < -0.4 is 11.3 Å². The average Bonchev–Trinajstić information content (AvgIpc) is 2.73. The molecule has 22 heavy (non-hydrogen) atoms. The summed E-state index contributed by atoms with van der Waals surface area (Å²) in [6.45, 7) is 0. The summed E-state index contributed by atoms with van der Waals surface area (Å²) in [5.41, 5.74) is -0.558. The van der Waals surface area contributed by atoms with Gasteiger partial charge in [-0.2, -0.15) is 0 Å². The van der Waals surface area contributed by atoms with Gasteiger partial charge in [0.15, 0.2) is 0 Å². The van der Waals surface area contributed by atoms with Crippen molar-refractivity contribution in [1.82, 2.24) is 9.55 Å². The van der Waals surface area contributed by atoms with E-state index in [0.29, 0.717) is 0 Å². The number of aromatic nitrogens is 2. The minimum Gasteiger partial charge on any atom is -0.390 e. The SMILES string of the molecule is O=c1ccc2c([nH]1)oc(=O)n2-c1c(Cl)cc([N+](=O)[O-])cc1Cl. The van der Waals surface area contributed by atoms with Crippen LogP contribution in [0.1, 0.15) is 0 Å². The van der Waals surface area contributed by atoms with Crippen LogP contribution in [0.3, 0.4) is 0 Å². The molecule has 0 saturated heterocycles. The maximum absolute atomic E-state index is 12.0. The maximum atomic E-state index is 12.0. The number of fused-ring (bicyclic) bond motifs is 1. The van der Waals surface area contributed by atoms with E-state index < -0.39 is 16.2 Å². The van der Waals surface area contributed by atoms with Crippen molar-refractivity contribution in [3.8, 4) is 5.69 Å². The van der Waals surface area contributed by atoms with E-state index in [0.717, 1.165) is 16.7 Å². The normalized spacial score (nSPS) is 11.0. The molecule has 0 unspecified atom stereocenters. The number of rotatable bonds is 2. The number of pyridine rings is 1. The lowest BCUT2D eigenvalue weighted by molar-refractivity contribution is -0.384. The molecule has 0 aliphatic rings. The molecule has 0 bridgehead atoms. The Balaban J connectivity index is 2.37. The summed E-state index contributed by atoms with van der Waals surface area (Å²) in [5.74, 6) is -0.838. The molecule has 0 spiro atoms. The Kier molecular flexibility index (Phi) is 3.27. The predicted octanol–water partition coefficient (Wildman–Crippen LogP) is 2.49. The van der Waals surface area contributed by atoms with Crippen molar-refractivity contribution < 1.29 is 9.34 Å². The van der Waals surface area contributed by atoms with E-state index in [1.165, 1.54) is 12.1 Å². The number of nitrogens with zero attached hydrogens (tertiary/aromatic N) is 2. The molecule has 1 aromatic carbocycles. The molecule has 3 aromatic rings. The second-order valence-electron chi connectivity index (χ2n) is 4.26. The van der Waals surface area contributed by atoms with Crippen LogP contribution in [0.4, 0.5) is 5.69 Å². The standard InChI is InChI=1S/C12H5Cl2N3O5/c13-6-3-5(17(20)21)4-7(14)10(6)16-8-1-2-9(18)15-11(8)22-12(16)19/h1-4H,(H,15,18). The van der Waals surface area contributed by atoms with Crippen molar-refractivity contribution in [1.29, 1.82) is 0 Å². The number of nitrogens with one attached hydrogen (secondary N) is 1. The number of oxazole rings is 1. The van der Waals surface area contributed by atoms with Crippen molar-refractivity contribution in [2.24, 2.45) is 0 Å². The van der Waals surface area contributed by atoms with E-state index in [1.54, 1.807) is 0 Å². The first kappa shape index (κ1) is 14.4. The van der Waals surface area contributed by atoms with Crippen LogP contribution >= 0.6 is 23.2 Å². The van der Waals surface area contributed by atoms with Gasteiger partial charge in [0, 0.05) is 18.2 Å². The quantitative estimate of drug-likeness (QED) is 0.568. The van der Waals surface area contributed by atoms with Crippen molar-refractivity contribution in [2.75, 3.05) is 0 Å². The van der Waals surface area contributed by atoms with E-state index in [9.17, 15) is 19.7 Å². The Labute approximate surface area is 130 Å². The smallest absolute Gasteiger partial charge is 0.390 e. The highest BCUT2D eigenvalue weighted by Crippen LogP contribution is 2.33. The molecule has 0 aliphatic heterocycles. The molecular formula is C12H5Cl2N3O5. The molecule has 0 aliphatic carbocycles. The summed E-state index contributed by atoms with van der Waals surface area (Å²) in [7, 11) is 0. The van der Waals surface area contributed by atoms with Gasteiger partial charge in [0.05, 0.1) is 20.7 Å². The van der Waals surface area contributed by atoms with E-state index in [1.807, 2.05) is 0 Å². The number of benzene rings is 1. The van der Waals surface area contributed by atoms with Crippen LogP contribution in [0, 0.1) is 10.1 Å². The van der Waals surface area contributed by atoms with Crippen molar-refractivity contribution in [2.45, 2.75) is 0 Å². The summed E-state index contributed by atoms with van der Waals surface area (Å²) in [6, 6.07) is 4.69. The lowest BCUT2D eigenvalue weighted by atomic mass is 10.2. The van der Waals surface area contributed by atoms with Crippen molar-refractivity contribution in [3.63, 3.8) is 0 Å². The lowest BCUT2D eigenvalue weighted by Gasteiger charge is -2.07. The molecule has 0 amide bonds. The fraction of sp³-hybridized carbons (Fsp3) is 0.